The lowest BCUT2D eigenvalue weighted by Crippen LogP contribution is -2.03. The highest BCUT2D eigenvalue weighted by Gasteiger charge is 2.06. The summed E-state index contributed by atoms with van der Waals surface area (Å²) < 4.78 is 28.3. The summed E-state index contributed by atoms with van der Waals surface area (Å²) in [5, 5.41) is 2.93. The molecule has 0 aliphatic carbocycles. The normalized spacial score (nSPS) is 10.1. The van der Waals surface area contributed by atoms with Gasteiger partial charge in [0.2, 0.25) is 0 Å². The van der Waals surface area contributed by atoms with Crippen LogP contribution < -0.4 is 4.74 Å². The zero-order valence-corrected chi connectivity index (χ0v) is 13.9. The standard InChI is InChI=1S/C12H12F2OS.2C2H6/c1-9-8-10(6-7-16(2)3)4-5-11(9)15-12(13)14;2*1-2/h4-5,8,12H,2H2,1,3H3;2*1-2H3. The van der Waals surface area contributed by atoms with E-state index >= 15 is 0 Å². The molecule has 1 aromatic carbocycles. The highest BCUT2D eigenvalue weighted by atomic mass is 32.2. The van der Waals surface area contributed by atoms with Crippen LogP contribution in [-0.4, -0.2) is 18.7 Å². The van der Waals surface area contributed by atoms with E-state index in [4.69, 9.17) is 0 Å². The summed E-state index contributed by atoms with van der Waals surface area (Å²) in [6, 6.07) is 4.88. The minimum absolute atomic E-state index is 0.186. The van der Waals surface area contributed by atoms with Crippen molar-refractivity contribution in [1.29, 1.82) is 0 Å². The predicted octanol–water partition coefficient (Wildman–Crippen LogP) is 5.29. The maximum atomic E-state index is 12.0. The van der Waals surface area contributed by atoms with Crippen molar-refractivity contribution in [2.75, 3.05) is 6.26 Å². The Labute approximate surface area is 124 Å². The van der Waals surface area contributed by atoms with Crippen molar-refractivity contribution >= 4 is 16.4 Å². The minimum Gasteiger partial charge on any atom is -0.435 e. The Balaban J connectivity index is 0. The Morgan fingerprint density at radius 3 is 2.15 bits per heavy atom. The maximum absolute atomic E-state index is 12.0. The van der Waals surface area contributed by atoms with E-state index in [2.05, 4.69) is 21.8 Å². The van der Waals surface area contributed by atoms with Gasteiger partial charge in [0.1, 0.15) is 5.75 Å². The SMILES string of the molecule is C=S(C)C#Cc1ccc(OC(F)F)c(C)c1.CC.CC. The maximum Gasteiger partial charge on any atom is 0.387 e. The largest absolute Gasteiger partial charge is 0.435 e. The van der Waals surface area contributed by atoms with E-state index in [-0.39, 0.29) is 16.2 Å². The second-order valence-corrected chi connectivity index (χ2v) is 4.70. The Morgan fingerprint density at radius 2 is 1.75 bits per heavy atom. The fourth-order valence-electron chi connectivity index (χ4n) is 1.10. The van der Waals surface area contributed by atoms with Crippen LogP contribution in [0.15, 0.2) is 18.2 Å². The van der Waals surface area contributed by atoms with Crippen LogP contribution in [0, 0.1) is 18.1 Å². The molecule has 0 saturated carbocycles. The van der Waals surface area contributed by atoms with Crippen molar-refractivity contribution in [3.05, 3.63) is 29.3 Å². The van der Waals surface area contributed by atoms with Crippen molar-refractivity contribution in [2.45, 2.75) is 41.2 Å². The van der Waals surface area contributed by atoms with Gasteiger partial charge in [-0.05, 0) is 42.2 Å². The molecule has 1 atom stereocenters. The van der Waals surface area contributed by atoms with E-state index < -0.39 is 6.61 Å². The smallest absolute Gasteiger partial charge is 0.387 e. The number of aryl methyl sites for hydroxylation is 1. The van der Waals surface area contributed by atoms with E-state index in [9.17, 15) is 8.78 Å². The summed E-state index contributed by atoms with van der Waals surface area (Å²) in [6.45, 7) is 6.91. The zero-order chi connectivity index (χ0) is 16.1. The molecule has 0 heterocycles. The van der Waals surface area contributed by atoms with Crippen LogP contribution in [0.5, 0.6) is 5.75 Å². The monoisotopic (exact) mass is 302 g/mol. The lowest BCUT2D eigenvalue weighted by Gasteiger charge is -2.07. The lowest BCUT2D eigenvalue weighted by atomic mass is 10.1. The molecule has 1 rings (SSSR count). The predicted molar refractivity (Wildman–Crippen MR) is 88.0 cm³/mol. The van der Waals surface area contributed by atoms with Crippen LogP contribution in [0.3, 0.4) is 0 Å². The first-order chi connectivity index (χ1) is 9.49. The van der Waals surface area contributed by atoms with Gasteiger partial charge in [-0.15, -0.1) is 10.5 Å². The van der Waals surface area contributed by atoms with Gasteiger partial charge in [0.25, 0.3) is 0 Å². The molecule has 4 heteroatoms. The molecule has 1 nitrogen and oxygen atoms in total. The number of halogens is 2. The third-order valence-electron chi connectivity index (χ3n) is 1.76. The first kappa shape index (κ1) is 21.0. The molecule has 0 fully saturated rings. The van der Waals surface area contributed by atoms with Gasteiger partial charge in [-0.1, -0.05) is 39.5 Å². The van der Waals surface area contributed by atoms with Crippen molar-refractivity contribution < 1.29 is 13.5 Å². The molecular formula is C16H24F2OS. The Bertz CT molecular complexity index is 459. The summed E-state index contributed by atoms with van der Waals surface area (Å²) >= 11 is 0. The third-order valence-corrected chi connectivity index (χ3v) is 2.21. The molecular weight excluding hydrogens is 278 g/mol. The molecule has 0 aliphatic heterocycles. The molecule has 0 bridgehead atoms. The summed E-state index contributed by atoms with van der Waals surface area (Å²) in [7, 11) is -0.199. The molecule has 0 spiro atoms. The van der Waals surface area contributed by atoms with Gasteiger partial charge in [-0.25, -0.2) is 0 Å². The van der Waals surface area contributed by atoms with Gasteiger partial charge in [-0.2, -0.15) is 8.78 Å². The summed E-state index contributed by atoms with van der Waals surface area (Å²) in [5.74, 6) is 6.87. The van der Waals surface area contributed by atoms with Gasteiger partial charge < -0.3 is 4.74 Å². The van der Waals surface area contributed by atoms with Gasteiger partial charge in [0, 0.05) is 5.56 Å². The van der Waals surface area contributed by atoms with Crippen molar-refractivity contribution in [3.8, 4) is 16.9 Å². The minimum atomic E-state index is -2.79. The van der Waals surface area contributed by atoms with E-state index in [1.54, 1.807) is 19.1 Å². The van der Waals surface area contributed by atoms with Gasteiger partial charge in [0.05, 0.1) is 0 Å². The number of benzene rings is 1. The molecule has 114 valence electrons. The van der Waals surface area contributed by atoms with Crippen LogP contribution in [0.4, 0.5) is 8.78 Å². The van der Waals surface area contributed by atoms with E-state index in [1.165, 1.54) is 6.07 Å². The van der Waals surface area contributed by atoms with Crippen LogP contribution >= 0.6 is 10.5 Å². The van der Waals surface area contributed by atoms with Crippen LogP contribution in [0.2, 0.25) is 0 Å². The Kier molecular flexibility index (Phi) is 13.3. The fraction of sp³-hybridized carbons (Fsp3) is 0.438. The first-order valence-electron chi connectivity index (χ1n) is 6.52. The molecule has 0 N–H and O–H groups in total. The second kappa shape index (κ2) is 12.7. The van der Waals surface area contributed by atoms with Gasteiger partial charge in [-0.3, -0.25) is 0 Å². The highest BCUT2D eigenvalue weighted by molar-refractivity contribution is 8.17. The fourth-order valence-corrected chi connectivity index (χ4v) is 1.39. The summed E-state index contributed by atoms with van der Waals surface area (Å²) in [6.07, 6.45) is 1.91. The molecule has 0 amide bonds. The van der Waals surface area contributed by atoms with Gasteiger partial charge in [0.15, 0.2) is 0 Å². The first-order valence-corrected chi connectivity index (χ1v) is 8.32. The van der Waals surface area contributed by atoms with Crippen LogP contribution in [0.1, 0.15) is 38.8 Å². The highest BCUT2D eigenvalue weighted by Crippen LogP contribution is 2.20. The average molecular weight is 302 g/mol. The quantitative estimate of drug-likeness (QED) is 0.533. The molecule has 1 unspecified atom stereocenters. The summed E-state index contributed by atoms with van der Waals surface area (Å²) in [5.41, 5.74) is 1.43. The molecule has 0 saturated heterocycles. The molecule has 0 aliphatic rings. The van der Waals surface area contributed by atoms with E-state index in [0.717, 1.165) is 5.56 Å². The Hall–Kier alpha value is -1.34. The third kappa shape index (κ3) is 9.57. The van der Waals surface area contributed by atoms with E-state index in [0.29, 0.717) is 5.56 Å². The Morgan fingerprint density at radius 1 is 1.20 bits per heavy atom. The topological polar surface area (TPSA) is 9.23 Å². The lowest BCUT2D eigenvalue weighted by molar-refractivity contribution is -0.0502. The number of alkyl halides is 2. The van der Waals surface area contributed by atoms with Crippen LogP contribution in [-0.2, 0) is 0 Å². The van der Waals surface area contributed by atoms with E-state index in [1.807, 2.05) is 34.0 Å². The molecule has 20 heavy (non-hydrogen) atoms. The molecule has 0 radical (unpaired) electrons. The summed E-state index contributed by atoms with van der Waals surface area (Å²) in [4.78, 5) is 0. The zero-order valence-electron chi connectivity index (χ0n) is 13.1. The van der Waals surface area contributed by atoms with Crippen molar-refractivity contribution in [3.63, 3.8) is 0 Å². The molecule has 0 aromatic heterocycles. The number of rotatable bonds is 2. The van der Waals surface area contributed by atoms with Gasteiger partial charge >= 0.3 is 6.61 Å². The number of hydrogen-bond donors (Lipinski definition) is 0. The van der Waals surface area contributed by atoms with Crippen molar-refractivity contribution in [1.82, 2.24) is 0 Å². The number of ether oxygens (including phenoxy) is 1. The van der Waals surface area contributed by atoms with Crippen LogP contribution in [0.25, 0.3) is 0 Å². The number of hydrogen-bond acceptors (Lipinski definition) is 1. The second-order valence-electron chi connectivity index (χ2n) is 3.22. The average Bonchev–Trinajstić information content (AvgIpc) is 2.43. The molecule has 1 aromatic rings. The van der Waals surface area contributed by atoms with Crippen molar-refractivity contribution in [2.24, 2.45) is 0 Å².